The zero-order chi connectivity index (χ0) is 23.5. The van der Waals surface area contributed by atoms with Crippen LogP contribution in [0, 0.1) is 0 Å². The second-order valence-electron chi connectivity index (χ2n) is 6.61. The Hall–Kier alpha value is -3.93. The summed E-state index contributed by atoms with van der Waals surface area (Å²) in [6.07, 6.45) is 2.94. The van der Waals surface area contributed by atoms with E-state index in [4.69, 9.17) is 19.7 Å². The Morgan fingerprint density at radius 1 is 1.19 bits per heavy atom. The van der Waals surface area contributed by atoms with E-state index >= 15 is 0 Å². The summed E-state index contributed by atoms with van der Waals surface area (Å²) in [6.45, 7) is 2.32. The maximum Gasteiger partial charge on any atom is 0.347 e. The highest BCUT2D eigenvalue weighted by molar-refractivity contribution is 5.89. The smallest absolute Gasteiger partial charge is 0.347 e. The van der Waals surface area contributed by atoms with Gasteiger partial charge in [0.15, 0.2) is 11.5 Å². The zero-order valence-corrected chi connectivity index (χ0v) is 17.3. The molecule has 12 heteroatoms. The second kappa shape index (κ2) is 12.1. The first kappa shape index (κ1) is 24.3. The molecule has 3 N–H and O–H groups in total. The number of hydrogen-bond donors (Lipinski definition) is 3. The van der Waals surface area contributed by atoms with E-state index in [0.717, 1.165) is 28.7 Å². The normalized spacial score (nSPS) is 14.5. The monoisotopic (exact) mass is 448 g/mol. The van der Waals surface area contributed by atoms with Crippen LogP contribution < -0.4 is 26.0 Å². The maximum absolute atomic E-state index is 11.8. The molecular weight excluding hydrogens is 424 g/mol. The highest BCUT2D eigenvalue weighted by atomic mass is 16.6. The second-order valence-corrected chi connectivity index (χ2v) is 6.61. The Labute approximate surface area is 182 Å². The molecule has 0 amide bonds. The fourth-order valence-electron chi connectivity index (χ4n) is 2.60. The van der Waals surface area contributed by atoms with Gasteiger partial charge in [-0.3, -0.25) is 9.36 Å². The molecule has 1 aliphatic rings. The molecule has 2 aromatic rings. The first-order chi connectivity index (χ1) is 15.3. The lowest BCUT2D eigenvalue weighted by molar-refractivity contribution is -0.134. The highest BCUT2D eigenvalue weighted by Crippen LogP contribution is 2.30. The molecule has 1 aliphatic heterocycles. The summed E-state index contributed by atoms with van der Waals surface area (Å²) in [5.41, 5.74) is -0.799. The van der Waals surface area contributed by atoms with Crippen LogP contribution in [-0.4, -0.2) is 62.3 Å². The molecule has 0 bridgehead atoms. The van der Waals surface area contributed by atoms with E-state index in [1.54, 1.807) is 0 Å². The first-order valence-corrected chi connectivity index (χ1v) is 9.64. The molecule has 0 spiro atoms. The zero-order valence-electron chi connectivity index (χ0n) is 17.3. The van der Waals surface area contributed by atoms with Gasteiger partial charge in [0.2, 0.25) is 0 Å². The SMILES string of the molecule is Cn1c(=O)cnn(CCCNCC2COc3ccccc3O2)c1=O.O=C(O)C=CC(=O)O. The average Bonchev–Trinajstić information content (AvgIpc) is 2.77. The predicted octanol–water partition coefficient (Wildman–Crippen LogP) is -0.526. The van der Waals surface area contributed by atoms with Gasteiger partial charge in [-0.1, -0.05) is 12.1 Å². The third-order valence-corrected chi connectivity index (χ3v) is 4.18. The van der Waals surface area contributed by atoms with Crippen molar-refractivity contribution in [2.45, 2.75) is 19.1 Å². The van der Waals surface area contributed by atoms with Gasteiger partial charge in [-0.25, -0.2) is 19.1 Å². The number of aliphatic carboxylic acids is 2. The van der Waals surface area contributed by atoms with E-state index in [2.05, 4.69) is 10.4 Å². The van der Waals surface area contributed by atoms with Crippen LogP contribution in [0.4, 0.5) is 0 Å². The number of benzene rings is 1. The van der Waals surface area contributed by atoms with Crippen molar-refractivity contribution in [1.82, 2.24) is 19.7 Å². The number of carbonyl (C=O) groups is 2. The maximum atomic E-state index is 11.8. The van der Waals surface area contributed by atoms with E-state index in [-0.39, 0.29) is 6.10 Å². The van der Waals surface area contributed by atoms with Crippen molar-refractivity contribution < 1.29 is 29.3 Å². The van der Waals surface area contributed by atoms with E-state index in [0.29, 0.717) is 38.4 Å². The van der Waals surface area contributed by atoms with Gasteiger partial charge < -0.3 is 25.0 Å². The first-order valence-electron chi connectivity index (χ1n) is 9.64. The molecule has 172 valence electrons. The molecule has 1 unspecified atom stereocenters. The Kier molecular flexibility index (Phi) is 9.17. The number of para-hydroxylation sites is 2. The Bertz CT molecular complexity index is 1060. The van der Waals surface area contributed by atoms with Gasteiger partial charge in [0.25, 0.3) is 5.56 Å². The quantitative estimate of drug-likeness (QED) is 0.354. The van der Waals surface area contributed by atoms with E-state index in [1.807, 2.05) is 24.3 Å². The number of carboxylic acid groups (broad SMARTS) is 2. The Morgan fingerprint density at radius 3 is 2.50 bits per heavy atom. The minimum atomic E-state index is -1.26. The van der Waals surface area contributed by atoms with Gasteiger partial charge in [-0.05, 0) is 25.1 Å². The predicted molar refractivity (Wildman–Crippen MR) is 112 cm³/mol. The van der Waals surface area contributed by atoms with Crippen LogP contribution in [0.15, 0.2) is 52.2 Å². The third-order valence-electron chi connectivity index (χ3n) is 4.18. The lowest BCUT2D eigenvalue weighted by Gasteiger charge is -2.26. The number of carboxylic acids is 2. The molecular formula is C20H24N4O8. The van der Waals surface area contributed by atoms with Gasteiger partial charge in [0.05, 0.1) is 0 Å². The molecule has 0 aliphatic carbocycles. The fourth-order valence-corrected chi connectivity index (χ4v) is 2.60. The largest absolute Gasteiger partial charge is 0.486 e. The number of aryl methyl sites for hydroxylation is 1. The molecule has 0 radical (unpaired) electrons. The van der Waals surface area contributed by atoms with E-state index in [9.17, 15) is 19.2 Å². The lowest BCUT2D eigenvalue weighted by Crippen LogP contribution is -2.40. The molecule has 2 heterocycles. The van der Waals surface area contributed by atoms with E-state index < -0.39 is 23.2 Å². The van der Waals surface area contributed by atoms with Crippen LogP contribution in [0.25, 0.3) is 0 Å². The summed E-state index contributed by atoms with van der Waals surface area (Å²) in [4.78, 5) is 42.2. The van der Waals surface area contributed by atoms with Crippen molar-refractivity contribution in [3.8, 4) is 11.5 Å². The van der Waals surface area contributed by atoms with Crippen LogP contribution in [-0.2, 0) is 23.2 Å². The van der Waals surface area contributed by atoms with Crippen LogP contribution >= 0.6 is 0 Å². The molecule has 0 fully saturated rings. The Balaban J connectivity index is 0.000000390. The number of aromatic nitrogens is 3. The van der Waals surface area contributed by atoms with Crippen LogP contribution in [0.2, 0.25) is 0 Å². The minimum Gasteiger partial charge on any atom is -0.486 e. The number of nitrogens with zero attached hydrogens (tertiary/aromatic N) is 3. The summed E-state index contributed by atoms with van der Waals surface area (Å²) < 4.78 is 13.8. The van der Waals surface area contributed by atoms with Crippen molar-refractivity contribution in [2.24, 2.45) is 7.05 Å². The van der Waals surface area contributed by atoms with Crippen LogP contribution in [0.1, 0.15) is 6.42 Å². The standard InChI is InChI=1S/C16H20N4O4.C4H4O4/c1-19-15(21)10-18-20(16(19)22)8-4-7-17-9-12-11-23-13-5-2-3-6-14(13)24-12;5-3(6)1-2-4(7)8/h2-3,5-6,10,12,17H,4,7-9,11H2,1H3;1-2H,(H,5,6)(H,7,8). The number of nitrogens with one attached hydrogen (secondary N) is 1. The van der Waals surface area contributed by atoms with Crippen molar-refractivity contribution in [3.05, 3.63) is 63.5 Å². The van der Waals surface area contributed by atoms with Crippen molar-refractivity contribution >= 4 is 11.9 Å². The summed E-state index contributed by atoms with van der Waals surface area (Å²) in [5.74, 6) is -0.981. The molecule has 1 aromatic heterocycles. The third kappa shape index (κ3) is 7.72. The van der Waals surface area contributed by atoms with Gasteiger partial charge in [-0.2, -0.15) is 5.10 Å². The molecule has 12 nitrogen and oxygen atoms in total. The van der Waals surface area contributed by atoms with Gasteiger partial charge in [-0.15, -0.1) is 0 Å². The number of ether oxygens (including phenoxy) is 2. The van der Waals surface area contributed by atoms with Crippen LogP contribution in [0.5, 0.6) is 11.5 Å². The summed E-state index contributed by atoms with van der Waals surface area (Å²) in [7, 11) is 1.44. The number of fused-ring (bicyclic) bond motifs is 1. The van der Waals surface area contributed by atoms with Gasteiger partial charge in [0, 0.05) is 32.3 Å². The van der Waals surface area contributed by atoms with Gasteiger partial charge >= 0.3 is 17.6 Å². The number of rotatable bonds is 8. The molecule has 0 saturated carbocycles. The van der Waals surface area contributed by atoms with Crippen molar-refractivity contribution in [2.75, 3.05) is 19.7 Å². The van der Waals surface area contributed by atoms with Gasteiger partial charge in [0.1, 0.15) is 18.9 Å². The highest BCUT2D eigenvalue weighted by Gasteiger charge is 2.19. The van der Waals surface area contributed by atoms with Crippen molar-refractivity contribution in [1.29, 1.82) is 0 Å². The topological polar surface area (TPSA) is 162 Å². The van der Waals surface area contributed by atoms with Crippen LogP contribution in [0.3, 0.4) is 0 Å². The molecule has 3 rings (SSSR count). The van der Waals surface area contributed by atoms with E-state index in [1.165, 1.54) is 11.7 Å². The lowest BCUT2D eigenvalue weighted by atomic mass is 10.2. The number of hydrogen-bond acceptors (Lipinski definition) is 8. The summed E-state index contributed by atoms with van der Waals surface area (Å²) >= 11 is 0. The average molecular weight is 448 g/mol. The molecule has 1 aromatic carbocycles. The molecule has 1 atom stereocenters. The summed E-state index contributed by atoms with van der Waals surface area (Å²) in [5, 5.41) is 22.8. The van der Waals surface area contributed by atoms with Crippen molar-refractivity contribution in [3.63, 3.8) is 0 Å². The fraction of sp³-hybridized carbons (Fsp3) is 0.350. The molecule has 0 saturated heterocycles. The Morgan fingerprint density at radius 2 is 1.84 bits per heavy atom. The summed E-state index contributed by atoms with van der Waals surface area (Å²) in [6, 6.07) is 7.60. The molecule has 32 heavy (non-hydrogen) atoms. The minimum absolute atomic E-state index is 0.0432.